The fourth-order valence-electron chi connectivity index (χ4n) is 2.87. The lowest BCUT2D eigenvalue weighted by molar-refractivity contribution is 0.300. The van der Waals surface area contributed by atoms with Crippen LogP contribution in [0.15, 0.2) is 52.3 Å². The molecule has 8 heteroatoms. The lowest BCUT2D eigenvalue weighted by Crippen LogP contribution is -2.29. The Hall–Kier alpha value is -1.83. The summed E-state index contributed by atoms with van der Waals surface area (Å²) < 4.78 is 33.7. The summed E-state index contributed by atoms with van der Waals surface area (Å²) in [5.74, 6) is 0.701. The molecule has 1 saturated heterocycles. The number of aromatic nitrogens is 1. The number of sulfonamides is 1. The Kier molecular flexibility index (Phi) is 6.01. The zero-order valence-electron chi connectivity index (χ0n) is 14.3. The first kappa shape index (κ1) is 18.9. The number of hydrogen-bond acceptors (Lipinski definition) is 4. The predicted octanol–water partition coefficient (Wildman–Crippen LogP) is 2.76. The maximum atomic E-state index is 12.6. The second-order valence-electron chi connectivity index (χ2n) is 6.16. The summed E-state index contributed by atoms with van der Waals surface area (Å²) in [5.41, 5.74) is -0.225. The molecule has 26 heavy (non-hydrogen) atoms. The Bertz CT molecular complexity index is 904. The maximum absolute atomic E-state index is 12.6. The van der Waals surface area contributed by atoms with Crippen molar-refractivity contribution >= 4 is 21.6 Å². The normalized spacial score (nSPS) is 15.3. The molecule has 0 bridgehead atoms. The fourth-order valence-corrected chi connectivity index (χ4v) is 4.53. The molecule has 2 heterocycles. The summed E-state index contributed by atoms with van der Waals surface area (Å²) in [6.07, 6.45) is 3.76. The third-order valence-corrected chi connectivity index (χ3v) is 6.42. The van der Waals surface area contributed by atoms with E-state index in [0.29, 0.717) is 43.4 Å². The first-order chi connectivity index (χ1) is 12.5. The van der Waals surface area contributed by atoms with E-state index in [4.69, 9.17) is 16.3 Å². The second kappa shape index (κ2) is 8.24. The molecule has 0 radical (unpaired) electrons. The molecule has 0 saturated carbocycles. The van der Waals surface area contributed by atoms with Crippen molar-refractivity contribution in [3.63, 3.8) is 0 Å². The quantitative estimate of drug-likeness (QED) is 0.675. The van der Waals surface area contributed by atoms with Crippen LogP contribution >= 0.6 is 11.6 Å². The average Bonchev–Trinajstić information content (AvgIpc) is 3.17. The molecule has 0 unspecified atom stereocenters. The number of halogens is 1. The van der Waals surface area contributed by atoms with Crippen LogP contribution in [0.2, 0.25) is 5.02 Å². The number of aryl methyl sites for hydroxylation is 1. The smallest absolute Gasteiger partial charge is 0.250 e. The standard InChI is InChI=1S/C18H21ClN2O4S/c19-15-4-6-16(7-5-15)25-13-3-10-20-14-17(8-9-18(20)22)26(23,24)21-11-1-2-12-21/h4-9,14H,1-3,10-13H2. The fraction of sp³-hybridized carbons (Fsp3) is 0.389. The van der Waals surface area contributed by atoms with Crippen molar-refractivity contribution in [3.8, 4) is 5.75 Å². The molecule has 0 spiro atoms. The monoisotopic (exact) mass is 396 g/mol. The first-order valence-corrected chi connectivity index (χ1v) is 10.4. The molecule has 1 aliphatic heterocycles. The van der Waals surface area contributed by atoms with Crippen molar-refractivity contribution in [2.45, 2.75) is 30.7 Å². The van der Waals surface area contributed by atoms with Crippen LogP contribution in [-0.4, -0.2) is 37.0 Å². The van der Waals surface area contributed by atoms with Crippen molar-refractivity contribution in [2.24, 2.45) is 0 Å². The summed E-state index contributed by atoms with van der Waals surface area (Å²) in [5, 5.41) is 0.639. The van der Waals surface area contributed by atoms with Crippen LogP contribution in [0, 0.1) is 0 Å². The Labute approximate surface area is 158 Å². The van der Waals surface area contributed by atoms with Gasteiger partial charge >= 0.3 is 0 Å². The Balaban J connectivity index is 1.62. The van der Waals surface area contributed by atoms with Crippen LogP contribution in [0.5, 0.6) is 5.75 Å². The molecular formula is C18H21ClN2O4S. The van der Waals surface area contributed by atoms with E-state index in [0.717, 1.165) is 12.8 Å². The van der Waals surface area contributed by atoms with Crippen LogP contribution in [0.3, 0.4) is 0 Å². The lowest BCUT2D eigenvalue weighted by atomic mass is 10.3. The van der Waals surface area contributed by atoms with E-state index in [1.54, 1.807) is 24.3 Å². The number of hydrogen-bond donors (Lipinski definition) is 0. The van der Waals surface area contributed by atoms with Gasteiger partial charge in [-0.3, -0.25) is 4.79 Å². The molecule has 6 nitrogen and oxygen atoms in total. The Morgan fingerprint density at radius 3 is 2.42 bits per heavy atom. The van der Waals surface area contributed by atoms with Gasteiger partial charge in [0.2, 0.25) is 10.0 Å². The highest BCUT2D eigenvalue weighted by Crippen LogP contribution is 2.20. The number of rotatable bonds is 7. The van der Waals surface area contributed by atoms with E-state index in [1.165, 1.54) is 27.2 Å². The summed E-state index contributed by atoms with van der Waals surface area (Å²) >= 11 is 5.82. The van der Waals surface area contributed by atoms with Gasteiger partial charge in [0.05, 0.1) is 11.5 Å². The van der Waals surface area contributed by atoms with Crippen LogP contribution in [0.4, 0.5) is 0 Å². The summed E-state index contributed by atoms with van der Waals surface area (Å²) in [4.78, 5) is 12.2. The SMILES string of the molecule is O=c1ccc(S(=O)(=O)N2CCCC2)cn1CCCOc1ccc(Cl)cc1. The van der Waals surface area contributed by atoms with E-state index < -0.39 is 10.0 Å². The van der Waals surface area contributed by atoms with Gasteiger partial charge in [0.15, 0.2) is 0 Å². The van der Waals surface area contributed by atoms with Gasteiger partial charge in [0.25, 0.3) is 5.56 Å². The second-order valence-corrected chi connectivity index (χ2v) is 8.54. The van der Waals surface area contributed by atoms with Crippen molar-refractivity contribution in [2.75, 3.05) is 19.7 Å². The van der Waals surface area contributed by atoms with Gasteiger partial charge in [0, 0.05) is 36.9 Å². The Morgan fingerprint density at radius 2 is 1.73 bits per heavy atom. The van der Waals surface area contributed by atoms with Crippen LogP contribution in [-0.2, 0) is 16.6 Å². The van der Waals surface area contributed by atoms with Crippen molar-refractivity contribution < 1.29 is 13.2 Å². The van der Waals surface area contributed by atoms with Crippen LogP contribution in [0.25, 0.3) is 0 Å². The van der Waals surface area contributed by atoms with Gasteiger partial charge in [-0.1, -0.05) is 11.6 Å². The molecular weight excluding hydrogens is 376 g/mol. The van der Waals surface area contributed by atoms with E-state index in [1.807, 2.05) is 0 Å². The number of nitrogens with zero attached hydrogens (tertiary/aromatic N) is 2. The number of benzene rings is 1. The van der Waals surface area contributed by atoms with Crippen LogP contribution < -0.4 is 10.3 Å². The molecule has 1 aromatic carbocycles. The van der Waals surface area contributed by atoms with Crippen molar-refractivity contribution in [1.29, 1.82) is 0 Å². The molecule has 1 aliphatic rings. The minimum atomic E-state index is -3.53. The van der Waals surface area contributed by atoms with Gasteiger partial charge in [-0.25, -0.2) is 8.42 Å². The van der Waals surface area contributed by atoms with Gasteiger partial charge < -0.3 is 9.30 Å². The van der Waals surface area contributed by atoms with E-state index in [-0.39, 0.29) is 10.5 Å². The molecule has 1 aromatic heterocycles. The van der Waals surface area contributed by atoms with E-state index >= 15 is 0 Å². The minimum Gasteiger partial charge on any atom is -0.494 e. The topological polar surface area (TPSA) is 68.6 Å². The molecule has 1 fully saturated rings. The zero-order valence-corrected chi connectivity index (χ0v) is 15.9. The van der Waals surface area contributed by atoms with Gasteiger partial charge in [-0.2, -0.15) is 4.31 Å². The molecule has 0 aliphatic carbocycles. The van der Waals surface area contributed by atoms with Gasteiger partial charge in [0.1, 0.15) is 5.75 Å². The Morgan fingerprint density at radius 1 is 1.04 bits per heavy atom. The third kappa shape index (κ3) is 4.47. The predicted molar refractivity (Wildman–Crippen MR) is 100 cm³/mol. The molecule has 0 amide bonds. The highest BCUT2D eigenvalue weighted by atomic mass is 35.5. The summed E-state index contributed by atoms with van der Waals surface area (Å²) in [6.45, 7) is 1.87. The van der Waals surface area contributed by atoms with Gasteiger partial charge in [-0.05, 0) is 49.6 Å². The van der Waals surface area contributed by atoms with Crippen molar-refractivity contribution in [1.82, 2.24) is 8.87 Å². The first-order valence-electron chi connectivity index (χ1n) is 8.56. The highest BCUT2D eigenvalue weighted by Gasteiger charge is 2.27. The molecule has 2 aromatic rings. The molecule has 140 valence electrons. The third-order valence-electron chi connectivity index (χ3n) is 4.28. The van der Waals surface area contributed by atoms with E-state index in [2.05, 4.69) is 0 Å². The lowest BCUT2D eigenvalue weighted by Gasteiger charge is -2.16. The summed E-state index contributed by atoms with van der Waals surface area (Å²) in [7, 11) is -3.53. The van der Waals surface area contributed by atoms with Gasteiger partial charge in [-0.15, -0.1) is 0 Å². The maximum Gasteiger partial charge on any atom is 0.250 e. The highest BCUT2D eigenvalue weighted by molar-refractivity contribution is 7.89. The number of pyridine rings is 1. The average molecular weight is 397 g/mol. The molecule has 3 rings (SSSR count). The number of ether oxygens (including phenoxy) is 1. The largest absolute Gasteiger partial charge is 0.494 e. The summed E-state index contributed by atoms with van der Waals surface area (Å²) in [6, 6.07) is 9.73. The van der Waals surface area contributed by atoms with Crippen LogP contribution in [0.1, 0.15) is 19.3 Å². The molecule has 0 atom stereocenters. The zero-order chi connectivity index (χ0) is 18.6. The van der Waals surface area contributed by atoms with Crippen molar-refractivity contribution in [3.05, 3.63) is 58.0 Å². The minimum absolute atomic E-state index is 0.164. The molecule has 0 N–H and O–H groups in total. The van der Waals surface area contributed by atoms with E-state index in [9.17, 15) is 13.2 Å².